The van der Waals surface area contributed by atoms with Crippen molar-refractivity contribution < 1.29 is 8.78 Å². The molecule has 80 valence electrons. The van der Waals surface area contributed by atoms with Gasteiger partial charge in [0.05, 0.1) is 6.04 Å². The third kappa shape index (κ3) is 2.20. The van der Waals surface area contributed by atoms with Crippen molar-refractivity contribution in [2.75, 3.05) is 0 Å². The largest absolute Gasteiger partial charge is 0.296 e. The number of nitrogens with zero attached hydrogens (tertiary/aromatic N) is 1. The molecule has 1 unspecified atom stereocenters. The van der Waals surface area contributed by atoms with E-state index in [1.54, 1.807) is 4.68 Å². The van der Waals surface area contributed by atoms with Crippen LogP contribution in [0.4, 0.5) is 8.78 Å². The molecule has 0 bridgehead atoms. The van der Waals surface area contributed by atoms with Gasteiger partial charge in [0.15, 0.2) is 0 Å². The molecule has 1 aromatic rings. The Morgan fingerprint density at radius 1 is 1.36 bits per heavy atom. The second-order valence-corrected chi connectivity index (χ2v) is 4.12. The molecule has 0 saturated carbocycles. The first-order chi connectivity index (χ1) is 6.43. The second-order valence-electron chi connectivity index (χ2n) is 3.71. The molecular weight excluding hydrogens is 206 g/mol. The molecule has 0 amide bonds. The SMILES string of the molecule is CC(C)C(C)n1[nH]c(C(F)F)cc1=S. The summed E-state index contributed by atoms with van der Waals surface area (Å²) in [6, 6.07) is 1.42. The number of halogens is 2. The molecule has 0 spiro atoms. The predicted octanol–water partition coefficient (Wildman–Crippen LogP) is 3.70. The normalized spacial score (nSPS) is 13.9. The summed E-state index contributed by atoms with van der Waals surface area (Å²) in [6.07, 6.45) is -2.49. The number of hydrogen-bond donors (Lipinski definition) is 1. The lowest BCUT2D eigenvalue weighted by Crippen LogP contribution is -2.13. The molecular formula is C9H14F2N2S. The van der Waals surface area contributed by atoms with E-state index in [9.17, 15) is 8.78 Å². The van der Waals surface area contributed by atoms with E-state index in [0.717, 1.165) is 0 Å². The zero-order valence-corrected chi connectivity index (χ0v) is 9.24. The van der Waals surface area contributed by atoms with Crippen LogP contribution in [0.3, 0.4) is 0 Å². The zero-order valence-electron chi connectivity index (χ0n) is 8.42. The van der Waals surface area contributed by atoms with Gasteiger partial charge < -0.3 is 0 Å². The molecule has 1 rings (SSSR count). The highest BCUT2D eigenvalue weighted by Gasteiger charge is 2.15. The average Bonchev–Trinajstić information content (AvgIpc) is 2.46. The number of aromatic amines is 1. The summed E-state index contributed by atoms with van der Waals surface area (Å²) in [4.78, 5) is 0. The second kappa shape index (κ2) is 4.21. The van der Waals surface area contributed by atoms with Crippen molar-refractivity contribution in [2.45, 2.75) is 33.2 Å². The molecule has 0 aliphatic carbocycles. The van der Waals surface area contributed by atoms with Gasteiger partial charge in [-0.2, -0.15) is 0 Å². The van der Waals surface area contributed by atoms with Gasteiger partial charge in [-0.25, -0.2) is 8.78 Å². The standard InChI is InChI=1S/C9H14F2N2S/c1-5(2)6(3)13-8(14)4-7(12-13)9(10)11/h4-6,9,12H,1-3H3. The van der Waals surface area contributed by atoms with E-state index in [0.29, 0.717) is 10.6 Å². The van der Waals surface area contributed by atoms with E-state index in [-0.39, 0.29) is 11.7 Å². The van der Waals surface area contributed by atoms with Gasteiger partial charge in [0.2, 0.25) is 0 Å². The first kappa shape index (κ1) is 11.4. The Kier molecular flexibility index (Phi) is 3.42. The Morgan fingerprint density at radius 2 is 1.93 bits per heavy atom. The van der Waals surface area contributed by atoms with Gasteiger partial charge in [0, 0.05) is 6.07 Å². The molecule has 0 aliphatic heterocycles. The number of alkyl halides is 2. The predicted molar refractivity (Wildman–Crippen MR) is 54.1 cm³/mol. The van der Waals surface area contributed by atoms with E-state index in [1.165, 1.54) is 6.07 Å². The maximum Gasteiger partial charge on any atom is 0.279 e. The molecule has 0 aromatic carbocycles. The minimum Gasteiger partial charge on any atom is -0.296 e. The Morgan fingerprint density at radius 3 is 2.29 bits per heavy atom. The third-order valence-corrected chi connectivity index (χ3v) is 2.69. The fourth-order valence-corrected chi connectivity index (χ4v) is 1.48. The van der Waals surface area contributed by atoms with E-state index in [2.05, 4.69) is 5.10 Å². The smallest absolute Gasteiger partial charge is 0.279 e. The molecule has 2 nitrogen and oxygen atoms in total. The van der Waals surface area contributed by atoms with E-state index < -0.39 is 6.43 Å². The number of hydrogen-bond acceptors (Lipinski definition) is 1. The topological polar surface area (TPSA) is 20.7 Å². The first-order valence-electron chi connectivity index (χ1n) is 4.53. The maximum atomic E-state index is 12.3. The van der Waals surface area contributed by atoms with Crippen LogP contribution in [0.1, 0.15) is 38.9 Å². The van der Waals surface area contributed by atoms with Gasteiger partial charge in [-0.1, -0.05) is 26.1 Å². The Balaban J connectivity index is 3.05. The van der Waals surface area contributed by atoms with Crippen molar-refractivity contribution in [3.8, 4) is 0 Å². The number of aromatic nitrogens is 2. The fraction of sp³-hybridized carbons (Fsp3) is 0.667. The summed E-state index contributed by atoms with van der Waals surface area (Å²) in [6.45, 7) is 6.00. The van der Waals surface area contributed by atoms with Gasteiger partial charge in [-0.05, 0) is 12.8 Å². The lowest BCUT2D eigenvalue weighted by Gasteiger charge is -2.17. The van der Waals surface area contributed by atoms with Crippen LogP contribution in [-0.4, -0.2) is 9.78 Å². The van der Waals surface area contributed by atoms with Crippen LogP contribution in [0.25, 0.3) is 0 Å². The molecule has 0 radical (unpaired) electrons. The number of H-pyrrole nitrogens is 1. The molecule has 5 heteroatoms. The average molecular weight is 220 g/mol. The van der Waals surface area contributed by atoms with E-state index >= 15 is 0 Å². The zero-order chi connectivity index (χ0) is 10.9. The van der Waals surface area contributed by atoms with Crippen molar-refractivity contribution >= 4 is 12.2 Å². The molecule has 0 aliphatic rings. The number of nitrogens with one attached hydrogen (secondary N) is 1. The quantitative estimate of drug-likeness (QED) is 0.770. The van der Waals surface area contributed by atoms with Crippen molar-refractivity contribution in [3.05, 3.63) is 16.4 Å². The summed E-state index contributed by atoms with van der Waals surface area (Å²) < 4.78 is 26.7. The van der Waals surface area contributed by atoms with Gasteiger partial charge in [0.1, 0.15) is 10.3 Å². The summed E-state index contributed by atoms with van der Waals surface area (Å²) in [5.41, 5.74) is -0.109. The van der Waals surface area contributed by atoms with Gasteiger partial charge >= 0.3 is 0 Å². The van der Waals surface area contributed by atoms with Crippen molar-refractivity contribution in [1.82, 2.24) is 9.78 Å². The van der Waals surface area contributed by atoms with Crippen LogP contribution in [0.2, 0.25) is 0 Å². The van der Waals surface area contributed by atoms with Crippen molar-refractivity contribution in [3.63, 3.8) is 0 Å². The highest BCUT2D eigenvalue weighted by atomic mass is 32.1. The molecule has 14 heavy (non-hydrogen) atoms. The lowest BCUT2D eigenvalue weighted by atomic mass is 10.1. The lowest BCUT2D eigenvalue weighted by molar-refractivity contribution is 0.144. The maximum absolute atomic E-state index is 12.3. The van der Waals surface area contributed by atoms with Crippen molar-refractivity contribution in [1.29, 1.82) is 0 Å². The van der Waals surface area contributed by atoms with Crippen LogP contribution in [0.15, 0.2) is 6.07 Å². The highest BCUT2D eigenvalue weighted by molar-refractivity contribution is 7.71. The van der Waals surface area contributed by atoms with Crippen LogP contribution in [-0.2, 0) is 0 Å². The molecule has 0 saturated heterocycles. The fourth-order valence-electron chi connectivity index (χ4n) is 1.14. The minimum absolute atomic E-state index is 0.106. The van der Waals surface area contributed by atoms with Gasteiger partial charge in [-0.3, -0.25) is 9.78 Å². The van der Waals surface area contributed by atoms with E-state index in [1.807, 2.05) is 20.8 Å². The number of rotatable bonds is 3. The van der Waals surface area contributed by atoms with Crippen LogP contribution < -0.4 is 0 Å². The summed E-state index contributed by atoms with van der Waals surface area (Å²) in [7, 11) is 0. The molecule has 1 aromatic heterocycles. The summed E-state index contributed by atoms with van der Waals surface area (Å²) in [5.74, 6) is 0.353. The van der Waals surface area contributed by atoms with Gasteiger partial charge in [-0.15, -0.1) is 0 Å². The first-order valence-corrected chi connectivity index (χ1v) is 4.94. The van der Waals surface area contributed by atoms with E-state index in [4.69, 9.17) is 12.2 Å². The monoisotopic (exact) mass is 220 g/mol. The highest BCUT2D eigenvalue weighted by Crippen LogP contribution is 2.21. The third-order valence-electron chi connectivity index (χ3n) is 2.37. The Labute approximate surface area is 86.9 Å². The van der Waals surface area contributed by atoms with Crippen molar-refractivity contribution in [2.24, 2.45) is 5.92 Å². The Bertz CT molecular complexity index is 354. The van der Waals surface area contributed by atoms with Crippen LogP contribution in [0.5, 0.6) is 0 Å². The molecule has 0 fully saturated rings. The molecule has 1 atom stereocenters. The minimum atomic E-state index is -2.49. The van der Waals surface area contributed by atoms with Gasteiger partial charge in [0.25, 0.3) is 6.43 Å². The Hall–Kier alpha value is -0.710. The van der Waals surface area contributed by atoms with Crippen LogP contribution >= 0.6 is 12.2 Å². The summed E-state index contributed by atoms with van der Waals surface area (Å²) in [5, 5.41) is 2.62. The van der Waals surface area contributed by atoms with Crippen LogP contribution in [0, 0.1) is 10.6 Å². The molecule has 1 N–H and O–H groups in total. The molecule has 1 heterocycles. The summed E-state index contributed by atoms with van der Waals surface area (Å²) >= 11 is 4.99.